The van der Waals surface area contributed by atoms with Crippen LogP contribution in [0.15, 0.2) is 42.6 Å². The molecule has 4 atom stereocenters. The van der Waals surface area contributed by atoms with Gasteiger partial charge < -0.3 is 10.4 Å². The fourth-order valence-electron chi connectivity index (χ4n) is 2.75. The van der Waals surface area contributed by atoms with E-state index in [1.165, 1.54) is 12.1 Å². The summed E-state index contributed by atoms with van der Waals surface area (Å²) in [7, 11) is 0. The van der Waals surface area contributed by atoms with Crippen molar-refractivity contribution in [3.63, 3.8) is 0 Å². The predicted octanol–water partition coefficient (Wildman–Crippen LogP) is 3.28. The van der Waals surface area contributed by atoms with Crippen molar-refractivity contribution in [2.24, 2.45) is 0 Å². The predicted molar refractivity (Wildman–Crippen MR) is 113 cm³/mol. The molecule has 0 spiro atoms. The molecule has 1 heterocycles. The Bertz CT molecular complexity index is 914. The van der Waals surface area contributed by atoms with Gasteiger partial charge in [0, 0.05) is 11.8 Å². The monoisotopic (exact) mass is 495 g/mol. The first-order valence-electron chi connectivity index (χ1n) is 9.17. The maximum Gasteiger partial charge on any atom is 0.442 e. The molecule has 0 bridgehead atoms. The van der Waals surface area contributed by atoms with Crippen LogP contribution in [0.1, 0.15) is 30.3 Å². The number of nitrogens with one attached hydrogen (secondary N) is 2. The molecule has 1 aromatic carbocycles. The molecular formula is C19H21F4N3O4S2. The number of carbonyl (C=O) groups excluding carboxylic acids is 1. The number of benzene rings is 1. The molecule has 13 heteroatoms. The minimum absolute atomic E-state index is 0.271. The zero-order valence-corrected chi connectivity index (χ0v) is 18.3. The van der Waals surface area contributed by atoms with Crippen LogP contribution in [0.4, 0.5) is 17.6 Å². The molecule has 4 N–H and O–H groups in total. The molecule has 1 aromatic heterocycles. The number of hydrogen-bond donors (Lipinski definition) is 4. The highest BCUT2D eigenvalue weighted by Gasteiger charge is 2.30. The lowest BCUT2D eigenvalue weighted by Gasteiger charge is -2.22. The summed E-state index contributed by atoms with van der Waals surface area (Å²) in [5.74, 6) is -1.97. The van der Waals surface area contributed by atoms with Crippen LogP contribution in [0, 0.1) is 0 Å². The molecule has 0 radical (unpaired) electrons. The van der Waals surface area contributed by atoms with Gasteiger partial charge in [0.05, 0.1) is 23.5 Å². The van der Waals surface area contributed by atoms with Gasteiger partial charge in [0.1, 0.15) is 12.8 Å². The summed E-state index contributed by atoms with van der Waals surface area (Å²) < 4.78 is 71.9. The van der Waals surface area contributed by atoms with Crippen molar-refractivity contribution in [1.29, 1.82) is 0 Å². The first-order valence-corrected chi connectivity index (χ1v) is 11.3. The molecule has 7 nitrogen and oxygen atoms in total. The molecule has 0 saturated carbocycles. The normalized spacial score (nSPS) is 15.6. The zero-order chi connectivity index (χ0) is 23.9. The van der Waals surface area contributed by atoms with Gasteiger partial charge in [-0.2, -0.15) is 13.2 Å². The van der Waals surface area contributed by atoms with E-state index in [1.54, 1.807) is 37.4 Å². The lowest BCUT2D eigenvalue weighted by molar-refractivity contribution is -0.120. The minimum atomic E-state index is -4.59. The van der Waals surface area contributed by atoms with Crippen LogP contribution in [0.2, 0.25) is 0 Å². The smallest absolute Gasteiger partial charge is 0.386 e. The Morgan fingerprint density at radius 2 is 1.81 bits per heavy atom. The van der Waals surface area contributed by atoms with Crippen LogP contribution in [0.3, 0.4) is 0 Å². The van der Waals surface area contributed by atoms with E-state index in [1.807, 2.05) is 0 Å². The number of aromatic nitrogens is 1. The zero-order valence-electron chi connectivity index (χ0n) is 16.7. The Labute approximate surface area is 188 Å². The molecule has 1 amide bonds. The standard InChI is InChI=1S/C19H21F4N3O4S2/c1-11(26-32(29)30)15-7-6-14(9-24-15)12-2-4-13(5-3-12)18(28)16(8-20)25-17(27)10-31-19(21,22)23/h2-7,9,11,16,18,26,28H,8,10H2,1H3,(H,25,27)(H,29,30)/t11?,16-,18-/m1/s1. The summed E-state index contributed by atoms with van der Waals surface area (Å²) in [6.45, 7) is 0.510. The molecule has 0 fully saturated rings. The Balaban J connectivity index is 2.03. The van der Waals surface area contributed by atoms with Gasteiger partial charge in [0.15, 0.2) is 0 Å². The average Bonchev–Trinajstić information content (AvgIpc) is 2.75. The Morgan fingerprint density at radius 3 is 2.31 bits per heavy atom. The van der Waals surface area contributed by atoms with E-state index < -0.39 is 65.1 Å². The quantitative estimate of drug-likeness (QED) is 0.297. The number of halogens is 4. The van der Waals surface area contributed by atoms with Crippen molar-refractivity contribution in [2.75, 3.05) is 12.4 Å². The molecule has 2 aromatic rings. The molecule has 0 aliphatic carbocycles. The third-order valence-corrected chi connectivity index (χ3v) is 5.64. The lowest BCUT2D eigenvalue weighted by atomic mass is 9.99. The number of rotatable bonds is 10. The second-order valence-corrected chi connectivity index (χ2v) is 8.46. The molecule has 0 aliphatic heterocycles. The van der Waals surface area contributed by atoms with Crippen molar-refractivity contribution < 1.29 is 36.2 Å². The Hall–Kier alpha value is -2.06. The molecular weight excluding hydrogens is 474 g/mol. The third kappa shape index (κ3) is 8.13. The van der Waals surface area contributed by atoms with E-state index in [-0.39, 0.29) is 5.56 Å². The molecule has 2 unspecified atom stereocenters. The molecule has 32 heavy (non-hydrogen) atoms. The number of amides is 1. The van der Waals surface area contributed by atoms with E-state index >= 15 is 0 Å². The first-order chi connectivity index (χ1) is 15.0. The van der Waals surface area contributed by atoms with Gasteiger partial charge in [-0.05, 0) is 35.9 Å². The van der Waals surface area contributed by atoms with E-state index in [4.69, 9.17) is 4.55 Å². The van der Waals surface area contributed by atoms with Gasteiger partial charge in [0.2, 0.25) is 17.2 Å². The van der Waals surface area contributed by atoms with Gasteiger partial charge in [-0.25, -0.2) is 13.3 Å². The number of nitrogens with zero attached hydrogens (tertiary/aromatic N) is 1. The van der Waals surface area contributed by atoms with E-state index in [0.717, 1.165) is 0 Å². The number of aliphatic hydroxyl groups excluding tert-OH is 1. The molecule has 2 rings (SSSR count). The maximum atomic E-state index is 13.3. The van der Waals surface area contributed by atoms with Crippen molar-refractivity contribution in [2.45, 2.75) is 30.6 Å². The SMILES string of the molecule is CC(NS(=O)O)c1ccc(-c2ccc([C@@H](O)[C@@H](CF)NC(=O)CSC(F)(F)F)cc2)cn1. The van der Waals surface area contributed by atoms with Crippen LogP contribution in [-0.4, -0.2) is 48.7 Å². The highest BCUT2D eigenvalue weighted by molar-refractivity contribution is 8.00. The van der Waals surface area contributed by atoms with Crippen LogP contribution < -0.4 is 10.0 Å². The third-order valence-electron chi connectivity index (χ3n) is 4.35. The van der Waals surface area contributed by atoms with Crippen LogP contribution in [0.5, 0.6) is 0 Å². The van der Waals surface area contributed by atoms with Crippen molar-refractivity contribution in [3.05, 3.63) is 53.9 Å². The molecule has 176 valence electrons. The molecule has 0 aliphatic rings. The largest absolute Gasteiger partial charge is 0.442 e. The fourth-order valence-corrected chi connectivity index (χ4v) is 3.55. The summed E-state index contributed by atoms with van der Waals surface area (Å²) in [5.41, 5.74) is -2.34. The van der Waals surface area contributed by atoms with Crippen LogP contribution in [0.25, 0.3) is 11.1 Å². The number of aliphatic hydroxyl groups is 1. The van der Waals surface area contributed by atoms with Gasteiger partial charge in [-0.3, -0.25) is 14.3 Å². The van der Waals surface area contributed by atoms with Gasteiger partial charge in [-0.15, -0.1) is 0 Å². The first kappa shape index (κ1) is 26.2. The van der Waals surface area contributed by atoms with Crippen molar-refractivity contribution in [3.8, 4) is 11.1 Å². The second-order valence-electron chi connectivity index (χ2n) is 6.69. The highest BCUT2D eigenvalue weighted by Crippen LogP contribution is 2.30. The fraction of sp³-hybridized carbons (Fsp3) is 0.368. The van der Waals surface area contributed by atoms with E-state index in [9.17, 15) is 31.7 Å². The van der Waals surface area contributed by atoms with Crippen LogP contribution in [-0.2, 0) is 16.1 Å². The van der Waals surface area contributed by atoms with Gasteiger partial charge in [0.25, 0.3) is 0 Å². The van der Waals surface area contributed by atoms with Gasteiger partial charge >= 0.3 is 5.51 Å². The van der Waals surface area contributed by atoms with Crippen molar-refractivity contribution >= 4 is 28.9 Å². The minimum Gasteiger partial charge on any atom is -0.386 e. The highest BCUT2D eigenvalue weighted by atomic mass is 32.2. The average molecular weight is 496 g/mol. The lowest BCUT2D eigenvalue weighted by Crippen LogP contribution is -2.42. The summed E-state index contributed by atoms with van der Waals surface area (Å²) in [4.78, 5) is 15.9. The van der Waals surface area contributed by atoms with Gasteiger partial charge in [-0.1, -0.05) is 30.3 Å². The summed E-state index contributed by atoms with van der Waals surface area (Å²) in [6.07, 6.45) is 0.1000. The Morgan fingerprint density at radius 1 is 1.19 bits per heavy atom. The summed E-state index contributed by atoms with van der Waals surface area (Å²) in [6, 6.07) is 7.86. The Kier molecular flexibility index (Phi) is 9.58. The van der Waals surface area contributed by atoms with Crippen LogP contribution >= 0.6 is 11.8 Å². The second kappa shape index (κ2) is 11.7. The van der Waals surface area contributed by atoms with E-state index in [0.29, 0.717) is 16.8 Å². The summed E-state index contributed by atoms with van der Waals surface area (Å²) >= 11 is -2.72. The van der Waals surface area contributed by atoms with E-state index in [2.05, 4.69) is 15.0 Å². The number of thioether (sulfide) groups is 1. The number of carbonyl (C=O) groups is 1. The topological polar surface area (TPSA) is 112 Å². The number of hydrogen-bond acceptors (Lipinski definition) is 5. The summed E-state index contributed by atoms with van der Waals surface area (Å²) in [5, 5.41) is 12.4. The van der Waals surface area contributed by atoms with Crippen molar-refractivity contribution in [1.82, 2.24) is 15.0 Å². The number of pyridine rings is 1. The maximum absolute atomic E-state index is 13.3. The number of alkyl halides is 4. The molecule has 0 saturated heterocycles.